The SMILES string of the molecule is Cc1ccc([C@@H]2CCCN2Cc2cnc3cnccn23)s1. The summed E-state index contributed by atoms with van der Waals surface area (Å²) in [5, 5.41) is 0. The number of likely N-dealkylation sites (tertiary alicyclic amines) is 1. The fourth-order valence-corrected chi connectivity index (χ4v) is 4.24. The zero-order chi connectivity index (χ0) is 14.2. The first-order valence-corrected chi connectivity index (χ1v) is 8.19. The monoisotopic (exact) mass is 298 g/mol. The van der Waals surface area contributed by atoms with Crippen LogP contribution in [-0.2, 0) is 6.54 Å². The average Bonchev–Trinajstić information content (AvgIpc) is 3.20. The molecule has 0 unspecified atom stereocenters. The third kappa shape index (κ3) is 2.36. The first-order valence-electron chi connectivity index (χ1n) is 7.37. The number of hydrogen-bond donors (Lipinski definition) is 0. The lowest BCUT2D eigenvalue weighted by molar-refractivity contribution is 0.248. The summed E-state index contributed by atoms with van der Waals surface area (Å²) in [5.41, 5.74) is 2.17. The average molecular weight is 298 g/mol. The van der Waals surface area contributed by atoms with Crippen molar-refractivity contribution in [2.24, 2.45) is 0 Å². The lowest BCUT2D eigenvalue weighted by atomic mass is 10.2. The molecule has 4 nitrogen and oxygen atoms in total. The molecule has 1 aliphatic rings. The fraction of sp³-hybridized carbons (Fsp3) is 0.375. The van der Waals surface area contributed by atoms with E-state index < -0.39 is 0 Å². The standard InChI is InChI=1S/C16H18N4S/c1-12-4-5-15(21-12)14-3-2-7-19(14)11-13-9-18-16-10-17-6-8-20(13)16/h4-6,8-10,14H,2-3,7,11H2,1H3/t14-/m0/s1. The third-order valence-electron chi connectivity index (χ3n) is 4.21. The molecule has 0 N–H and O–H groups in total. The molecule has 0 amide bonds. The van der Waals surface area contributed by atoms with Gasteiger partial charge < -0.3 is 0 Å². The van der Waals surface area contributed by atoms with Gasteiger partial charge in [0.25, 0.3) is 0 Å². The van der Waals surface area contributed by atoms with Crippen molar-refractivity contribution in [1.82, 2.24) is 19.3 Å². The second-order valence-electron chi connectivity index (χ2n) is 5.63. The van der Waals surface area contributed by atoms with Crippen LogP contribution in [0.5, 0.6) is 0 Å². The highest BCUT2D eigenvalue weighted by molar-refractivity contribution is 7.12. The fourth-order valence-electron chi connectivity index (χ4n) is 3.19. The lowest BCUT2D eigenvalue weighted by Crippen LogP contribution is -2.22. The Morgan fingerprint density at radius 3 is 3.14 bits per heavy atom. The van der Waals surface area contributed by atoms with Crippen LogP contribution < -0.4 is 0 Å². The highest BCUT2D eigenvalue weighted by Gasteiger charge is 2.27. The maximum atomic E-state index is 4.44. The number of imidazole rings is 1. The van der Waals surface area contributed by atoms with Crippen LogP contribution in [0.25, 0.3) is 5.65 Å². The molecule has 1 saturated heterocycles. The lowest BCUT2D eigenvalue weighted by Gasteiger charge is -2.23. The summed E-state index contributed by atoms with van der Waals surface area (Å²) in [6.07, 6.45) is 10.2. The van der Waals surface area contributed by atoms with E-state index >= 15 is 0 Å². The van der Waals surface area contributed by atoms with Gasteiger partial charge in [-0.1, -0.05) is 0 Å². The summed E-state index contributed by atoms with van der Waals surface area (Å²) in [4.78, 5) is 14.0. The van der Waals surface area contributed by atoms with Crippen molar-refractivity contribution in [3.05, 3.63) is 52.4 Å². The third-order valence-corrected chi connectivity index (χ3v) is 5.31. The molecule has 0 saturated carbocycles. The van der Waals surface area contributed by atoms with Crippen molar-refractivity contribution in [2.45, 2.75) is 32.4 Å². The number of rotatable bonds is 3. The molecule has 21 heavy (non-hydrogen) atoms. The van der Waals surface area contributed by atoms with Crippen LogP contribution in [0.4, 0.5) is 0 Å². The molecule has 0 aliphatic carbocycles. The zero-order valence-electron chi connectivity index (χ0n) is 12.1. The quantitative estimate of drug-likeness (QED) is 0.742. The predicted molar refractivity (Wildman–Crippen MR) is 84.4 cm³/mol. The van der Waals surface area contributed by atoms with Crippen molar-refractivity contribution >= 4 is 17.0 Å². The van der Waals surface area contributed by atoms with Gasteiger partial charge in [0, 0.05) is 34.7 Å². The Labute approximate surface area is 128 Å². The van der Waals surface area contributed by atoms with E-state index in [9.17, 15) is 0 Å². The molecule has 1 atom stereocenters. The summed E-state index contributed by atoms with van der Waals surface area (Å²) in [5.74, 6) is 0. The van der Waals surface area contributed by atoms with E-state index in [-0.39, 0.29) is 0 Å². The molecule has 1 fully saturated rings. The Hall–Kier alpha value is -1.72. The van der Waals surface area contributed by atoms with E-state index in [0.29, 0.717) is 6.04 Å². The Bertz CT molecular complexity index is 760. The molecule has 108 valence electrons. The second-order valence-corrected chi connectivity index (χ2v) is 6.95. The van der Waals surface area contributed by atoms with Gasteiger partial charge in [0.15, 0.2) is 5.65 Å². The van der Waals surface area contributed by atoms with Gasteiger partial charge in [0.05, 0.1) is 18.1 Å². The summed E-state index contributed by atoms with van der Waals surface area (Å²) >= 11 is 1.93. The van der Waals surface area contributed by atoms with Crippen LogP contribution in [0.1, 0.15) is 34.3 Å². The molecule has 0 bridgehead atoms. The van der Waals surface area contributed by atoms with Crippen molar-refractivity contribution < 1.29 is 0 Å². The summed E-state index contributed by atoms with van der Waals surface area (Å²) in [6.45, 7) is 4.30. The van der Waals surface area contributed by atoms with E-state index in [0.717, 1.165) is 12.2 Å². The van der Waals surface area contributed by atoms with Crippen LogP contribution in [0, 0.1) is 6.92 Å². The number of aryl methyl sites for hydroxylation is 1. The van der Waals surface area contributed by atoms with Crippen molar-refractivity contribution in [2.75, 3.05) is 6.54 Å². The minimum Gasteiger partial charge on any atom is -0.300 e. The van der Waals surface area contributed by atoms with E-state index in [2.05, 4.69) is 38.3 Å². The van der Waals surface area contributed by atoms with Crippen LogP contribution in [0.2, 0.25) is 0 Å². The first kappa shape index (κ1) is 13.0. The van der Waals surface area contributed by atoms with Crippen LogP contribution in [0.15, 0.2) is 36.9 Å². The molecule has 0 spiro atoms. The molecule has 0 aromatic carbocycles. The largest absolute Gasteiger partial charge is 0.300 e. The molecule has 3 aromatic rings. The van der Waals surface area contributed by atoms with Gasteiger partial charge in [0.1, 0.15) is 0 Å². The van der Waals surface area contributed by atoms with Gasteiger partial charge in [-0.3, -0.25) is 14.3 Å². The molecular formula is C16H18N4S. The van der Waals surface area contributed by atoms with Crippen molar-refractivity contribution in [3.63, 3.8) is 0 Å². The van der Waals surface area contributed by atoms with Gasteiger partial charge in [0.2, 0.25) is 0 Å². The minimum absolute atomic E-state index is 0.566. The van der Waals surface area contributed by atoms with Gasteiger partial charge in [-0.05, 0) is 38.4 Å². The molecule has 4 rings (SSSR count). The number of nitrogens with zero attached hydrogens (tertiary/aromatic N) is 4. The maximum Gasteiger partial charge on any atom is 0.155 e. The number of thiophene rings is 1. The zero-order valence-corrected chi connectivity index (χ0v) is 12.9. The summed E-state index contributed by atoms with van der Waals surface area (Å²) in [7, 11) is 0. The van der Waals surface area contributed by atoms with Crippen LogP contribution in [-0.4, -0.2) is 25.8 Å². The van der Waals surface area contributed by atoms with Crippen molar-refractivity contribution in [3.8, 4) is 0 Å². The van der Waals surface area contributed by atoms with Crippen LogP contribution >= 0.6 is 11.3 Å². The highest BCUT2D eigenvalue weighted by Crippen LogP contribution is 2.36. The normalized spacial score (nSPS) is 19.6. The molecule has 4 heterocycles. The Morgan fingerprint density at radius 1 is 1.33 bits per heavy atom. The van der Waals surface area contributed by atoms with E-state index in [1.807, 2.05) is 36.1 Å². The number of hydrogen-bond acceptors (Lipinski definition) is 4. The predicted octanol–water partition coefficient (Wildman–Crippen LogP) is 3.44. The Morgan fingerprint density at radius 2 is 2.29 bits per heavy atom. The summed E-state index contributed by atoms with van der Waals surface area (Å²) < 4.78 is 2.14. The van der Waals surface area contributed by atoms with Gasteiger partial charge in [-0.15, -0.1) is 11.3 Å². The Kier molecular flexibility index (Phi) is 3.24. The van der Waals surface area contributed by atoms with Gasteiger partial charge in [-0.2, -0.15) is 0 Å². The van der Waals surface area contributed by atoms with E-state index in [4.69, 9.17) is 0 Å². The maximum absolute atomic E-state index is 4.44. The molecule has 1 aliphatic heterocycles. The van der Waals surface area contributed by atoms with Crippen LogP contribution in [0.3, 0.4) is 0 Å². The molecule has 5 heteroatoms. The number of fused-ring (bicyclic) bond motifs is 1. The van der Waals surface area contributed by atoms with Gasteiger partial charge >= 0.3 is 0 Å². The second kappa shape index (κ2) is 5.24. The molecule has 3 aromatic heterocycles. The van der Waals surface area contributed by atoms with E-state index in [1.165, 1.54) is 34.8 Å². The first-order chi connectivity index (χ1) is 10.3. The van der Waals surface area contributed by atoms with Gasteiger partial charge in [-0.25, -0.2) is 4.98 Å². The topological polar surface area (TPSA) is 33.4 Å². The molecular weight excluding hydrogens is 280 g/mol. The minimum atomic E-state index is 0.566. The van der Waals surface area contributed by atoms with E-state index in [1.54, 1.807) is 0 Å². The number of aromatic nitrogens is 3. The Balaban J connectivity index is 1.61. The highest BCUT2D eigenvalue weighted by atomic mass is 32.1. The smallest absolute Gasteiger partial charge is 0.155 e. The van der Waals surface area contributed by atoms with Crippen molar-refractivity contribution in [1.29, 1.82) is 0 Å². The summed E-state index contributed by atoms with van der Waals surface area (Å²) in [6, 6.07) is 5.09. The molecule has 0 radical (unpaired) electrons.